The van der Waals surface area contributed by atoms with Crippen molar-refractivity contribution in [2.75, 3.05) is 7.05 Å². The summed E-state index contributed by atoms with van der Waals surface area (Å²) in [6.07, 6.45) is 0. The normalized spacial score (nSPS) is 15.9. The van der Waals surface area contributed by atoms with Crippen LogP contribution in [0.25, 0.3) is 0 Å². The number of aryl methyl sites for hydroxylation is 1. The van der Waals surface area contributed by atoms with Gasteiger partial charge in [0.1, 0.15) is 0 Å². The molecule has 80 valence electrons. The first-order valence-corrected chi connectivity index (χ1v) is 6.03. The largest absolute Gasteiger partial charge is 0.317 e. The van der Waals surface area contributed by atoms with Gasteiger partial charge in [-0.25, -0.2) is 4.98 Å². The molecule has 0 aromatic carbocycles. The number of likely N-dealkylation sites (N-methyl/N-ethyl adjacent to an activating group) is 1. The lowest BCUT2D eigenvalue weighted by atomic mass is 9.90. The van der Waals surface area contributed by atoms with E-state index < -0.39 is 0 Å². The quantitative estimate of drug-likeness (QED) is 0.830. The van der Waals surface area contributed by atoms with Gasteiger partial charge in [0.05, 0.1) is 5.01 Å². The van der Waals surface area contributed by atoms with E-state index in [1.165, 1.54) is 5.01 Å². The van der Waals surface area contributed by atoms with Crippen molar-refractivity contribution in [1.29, 1.82) is 0 Å². The van der Waals surface area contributed by atoms with E-state index >= 15 is 0 Å². The highest BCUT2D eigenvalue weighted by molar-refractivity contribution is 7.09. The lowest BCUT2D eigenvalue weighted by Gasteiger charge is -2.25. The van der Waals surface area contributed by atoms with Gasteiger partial charge in [0.2, 0.25) is 0 Å². The molecule has 2 unspecified atom stereocenters. The Labute approximate surface area is 90.8 Å². The minimum absolute atomic E-state index is 0.487. The molecule has 1 heterocycles. The lowest BCUT2D eigenvalue weighted by molar-refractivity contribution is 0.394. The Morgan fingerprint density at radius 1 is 1.36 bits per heavy atom. The summed E-state index contributed by atoms with van der Waals surface area (Å²) in [4.78, 5) is 4.58. The van der Waals surface area contributed by atoms with Gasteiger partial charge in [0, 0.05) is 23.0 Å². The van der Waals surface area contributed by atoms with Crippen LogP contribution in [0.5, 0.6) is 0 Å². The van der Waals surface area contributed by atoms with Gasteiger partial charge in [-0.3, -0.25) is 0 Å². The van der Waals surface area contributed by atoms with Gasteiger partial charge >= 0.3 is 0 Å². The Kier molecular flexibility index (Phi) is 4.08. The van der Waals surface area contributed by atoms with Crippen molar-refractivity contribution in [1.82, 2.24) is 10.3 Å². The molecule has 0 bridgehead atoms. The second-order valence-electron chi connectivity index (χ2n) is 4.17. The Bertz CT molecular complexity index is 281. The van der Waals surface area contributed by atoms with Crippen LogP contribution in [0.1, 0.15) is 37.4 Å². The zero-order valence-corrected chi connectivity index (χ0v) is 10.5. The Hall–Kier alpha value is -0.410. The summed E-state index contributed by atoms with van der Waals surface area (Å²) in [6, 6.07) is 0.487. The Morgan fingerprint density at radius 3 is 2.36 bits per heavy atom. The summed E-state index contributed by atoms with van der Waals surface area (Å²) in [7, 11) is 2.01. The highest BCUT2D eigenvalue weighted by atomic mass is 32.1. The fraction of sp³-hybridized carbons (Fsp3) is 0.727. The highest BCUT2D eigenvalue weighted by Crippen LogP contribution is 2.30. The van der Waals surface area contributed by atoms with Crippen LogP contribution in [0, 0.1) is 12.8 Å². The SMILES string of the molecule is CNC(C)C(c1nc(C)cs1)C(C)C. The monoisotopic (exact) mass is 212 g/mol. The number of rotatable bonds is 4. The average Bonchev–Trinajstić information content (AvgIpc) is 2.51. The first kappa shape index (κ1) is 11.7. The van der Waals surface area contributed by atoms with E-state index in [0.717, 1.165) is 5.69 Å². The zero-order chi connectivity index (χ0) is 10.7. The molecule has 14 heavy (non-hydrogen) atoms. The number of nitrogens with one attached hydrogen (secondary N) is 1. The number of hydrogen-bond donors (Lipinski definition) is 1. The van der Waals surface area contributed by atoms with Gasteiger partial charge in [0.25, 0.3) is 0 Å². The van der Waals surface area contributed by atoms with Crippen molar-refractivity contribution in [3.05, 3.63) is 16.1 Å². The standard InChI is InChI=1S/C11H20N2S/c1-7(2)10(9(4)12-5)11-13-8(3)6-14-11/h6-7,9-10,12H,1-5H3. The van der Waals surface area contributed by atoms with Crippen molar-refractivity contribution < 1.29 is 0 Å². The van der Waals surface area contributed by atoms with Gasteiger partial charge in [0.15, 0.2) is 0 Å². The minimum atomic E-state index is 0.487. The van der Waals surface area contributed by atoms with Crippen LogP contribution >= 0.6 is 11.3 Å². The Balaban J connectivity index is 2.88. The third-order valence-corrected chi connectivity index (χ3v) is 3.70. The maximum atomic E-state index is 4.58. The zero-order valence-electron chi connectivity index (χ0n) is 9.66. The predicted octanol–water partition coefficient (Wildman–Crippen LogP) is 2.80. The van der Waals surface area contributed by atoms with E-state index in [1.54, 1.807) is 11.3 Å². The highest BCUT2D eigenvalue weighted by Gasteiger charge is 2.24. The smallest absolute Gasteiger partial charge is 0.0977 e. The maximum absolute atomic E-state index is 4.58. The van der Waals surface area contributed by atoms with Crippen LogP contribution in [-0.2, 0) is 0 Å². The van der Waals surface area contributed by atoms with E-state index in [2.05, 4.69) is 43.4 Å². The number of aromatic nitrogens is 1. The molecule has 0 saturated carbocycles. The molecule has 0 spiro atoms. The summed E-state index contributed by atoms with van der Waals surface area (Å²) in [5.41, 5.74) is 1.14. The van der Waals surface area contributed by atoms with Crippen LogP contribution in [0.15, 0.2) is 5.38 Å². The molecule has 1 aromatic rings. The molecule has 0 amide bonds. The average molecular weight is 212 g/mol. The minimum Gasteiger partial charge on any atom is -0.317 e. The third kappa shape index (κ3) is 2.55. The Morgan fingerprint density at radius 2 is 2.00 bits per heavy atom. The second-order valence-corrected chi connectivity index (χ2v) is 5.06. The molecule has 0 aliphatic heterocycles. The molecule has 1 rings (SSSR count). The molecule has 1 N–H and O–H groups in total. The first-order chi connectivity index (χ1) is 6.56. The van der Waals surface area contributed by atoms with Crippen molar-refractivity contribution in [2.45, 2.75) is 39.7 Å². The summed E-state index contributed by atoms with van der Waals surface area (Å²) >= 11 is 1.78. The van der Waals surface area contributed by atoms with E-state index in [4.69, 9.17) is 0 Å². The molecule has 0 aliphatic carbocycles. The van der Waals surface area contributed by atoms with Crippen molar-refractivity contribution in [3.63, 3.8) is 0 Å². The predicted molar refractivity (Wildman–Crippen MR) is 63.0 cm³/mol. The van der Waals surface area contributed by atoms with Gasteiger partial charge in [-0.1, -0.05) is 13.8 Å². The van der Waals surface area contributed by atoms with E-state index in [-0.39, 0.29) is 0 Å². The maximum Gasteiger partial charge on any atom is 0.0977 e. The fourth-order valence-electron chi connectivity index (χ4n) is 1.78. The van der Waals surface area contributed by atoms with Gasteiger partial charge in [-0.05, 0) is 26.8 Å². The van der Waals surface area contributed by atoms with Crippen LogP contribution in [0.3, 0.4) is 0 Å². The van der Waals surface area contributed by atoms with Crippen LogP contribution < -0.4 is 5.32 Å². The third-order valence-electron chi connectivity index (χ3n) is 2.63. The summed E-state index contributed by atoms with van der Waals surface area (Å²) in [6.45, 7) is 8.80. The van der Waals surface area contributed by atoms with Crippen LogP contribution in [0.2, 0.25) is 0 Å². The number of hydrogen-bond acceptors (Lipinski definition) is 3. The molecule has 3 heteroatoms. The second kappa shape index (κ2) is 4.89. The molecule has 2 atom stereocenters. The summed E-state index contributed by atoms with van der Waals surface area (Å²) < 4.78 is 0. The fourth-order valence-corrected chi connectivity index (χ4v) is 2.96. The summed E-state index contributed by atoms with van der Waals surface area (Å²) in [5, 5.41) is 6.72. The molecular formula is C11H20N2S. The van der Waals surface area contributed by atoms with Crippen molar-refractivity contribution in [2.24, 2.45) is 5.92 Å². The lowest BCUT2D eigenvalue weighted by Crippen LogP contribution is -2.31. The van der Waals surface area contributed by atoms with Gasteiger partial charge < -0.3 is 5.32 Å². The molecule has 0 saturated heterocycles. The first-order valence-electron chi connectivity index (χ1n) is 5.15. The van der Waals surface area contributed by atoms with Gasteiger partial charge in [-0.2, -0.15) is 0 Å². The molecule has 1 aromatic heterocycles. The van der Waals surface area contributed by atoms with Crippen molar-refractivity contribution >= 4 is 11.3 Å². The molecule has 2 nitrogen and oxygen atoms in total. The van der Waals surface area contributed by atoms with Crippen LogP contribution in [0.4, 0.5) is 0 Å². The van der Waals surface area contributed by atoms with Crippen LogP contribution in [-0.4, -0.2) is 18.1 Å². The molecule has 0 fully saturated rings. The summed E-state index contributed by atoms with van der Waals surface area (Å²) in [5.74, 6) is 1.15. The molecular weight excluding hydrogens is 192 g/mol. The topological polar surface area (TPSA) is 24.9 Å². The van der Waals surface area contributed by atoms with E-state index in [0.29, 0.717) is 17.9 Å². The number of nitrogens with zero attached hydrogens (tertiary/aromatic N) is 1. The molecule has 0 aliphatic rings. The molecule has 0 radical (unpaired) electrons. The number of thiazole rings is 1. The van der Waals surface area contributed by atoms with E-state index in [9.17, 15) is 0 Å². The van der Waals surface area contributed by atoms with Crippen molar-refractivity contribution in [3.8, 4) is 0 Å². The van der Waals surface area contributed by atoms with Gasteiger partial charge in [-0.15, -0.1) is 11.3 Å². The van der Waals surface area contributed by atoms with E-state index in [1.807, 2.05) is 7.05 Å².